The van der Waals surface area contributed by atoms with Crippen molar-refractivity contribution in [2.45, 2.75) is 52.5 Å². The summed E-state index contributed by atoms with van der Waals surface area (Å²) in [6.07, 6.45) is 4.39. The minimum absolute atomic E-state index is 0.0481. The van der Waals surface area contributed by atoms with Gasteiger partial charge in [-0.2, -0.15) is 0 Å². The maximum Gasteiger partial charge on any atom is 0.282 e. The topological polar surface area (TPSA) is 72.2 Å². The Labute approximate surface area is 129 Å². The molecule has 1 saturated carbocycles. The number of nitro groups is 1. The van der Waals surface area contributed by atoms with Gasteiger partial charge in [-0.05, 0) is 25.8 Å². The summed E-state index contributed by atoms with van der Waals surface area (Å²) < 4.78 is 0. The van der Waals surface area contributed by atoms with E-state index in [0.717, 1.165) is 25.7 Å². The van der Waals surface area contributed by atoms with Crippen molar-refractivity contribution in [3.05, 3.63) is 32.8 Å². The number of rotatable bonds is 4. The van der Waals surface area contributed by atoms with Crippen LogP contribution in [0.2, 0.25) is 5.02 Å². The van der Waals surface area contributed by atoms with Gasteiger partial charge in [0.15, 0.2) is 5.78 Å². The van der Waals surface area contributed by atoms with Gasteiger partial charge < -0.3 is 5.32 Å². The van der Waals surface area contributed by atoms with Crippen molar-refractivity contribution in [2.75, 3.05) is 5.32 Å². The molecule has 5 nitrogen and oxygen atoms in total. The van der Waals surface area contributed by atoms with Crippen LogP contribution in [0.4, 0.5) is 11.4 Å². The molecule has 116 valence electrons. The molecule has 1 aliphatic carbocycles. The van der Waals surface area contributed by atoms with Crippen molar-refractivity contribution in [2.24, 2.45) is 0 Å². The van der Waals surface area contributed by atoms with Gasteiger partial charge in [-0.15, -0.1) is 0 Å². The first-order valence-electron chi connectivity index (χ1n) is 7.24. The van der Waals surface area contributed by atoms with Crippen molar-refractivity contribution >= 4 is 28.8 Å². The minimum atomic E-state index is -0.549. The van der Waals surface area contributed by atoms with Gasteiger partial charge in [-0.3, -0.25) is 14.9 Å². The second kappa shape index (κ2) is 7.98. The third-order valence-corrected chi connectivity index (χ3v) is 3.69. The number of nitrogens with zero attached hydrogens (tertiary/aromatic N) is 1. The molecule has 0 unspecified atom stereocenters. The summed E-state index contributed by atoms with van der Waals surface area (Å²) in [5, 5.41) is 14.6. The predicted octanol–water partition coefficient (Wildman–Crippen LogP) is 4.83. The Hall–Kier alpha value is -1.62. The number of ketones is 1. The lowest BCUT2D eigenvalue weighted by Gasteiger charge is -2.15. The van der Waals surface area contributed by atoms with E-state index in [9.17, 15) is 14.9 Å². The lowest BCUT2D eigenvalue weighted by atomic mass is 10.1. The molecule has 1 aromatic rings. The molecule has 0 radical (unpaired) electrons. The van der Waals surface area contributed by atoms with Crippen LogP contribution in [0.25, 0.3) is 0 Å². The molecule has 1 N–H and O–H groups in total. The maximum atomic E-state index is 11.4. The molecular weight excluding hydrogens is 292 g/mol. The normalized spacial score (nSPS) is 14.3. The second-order valence-corrected chi connectivity index (χ2v) is 5.20. The number of anilines is 1. The van der Waals surface area contributed by atoms with E-state index in [-0.39, 0.29) is 17.0 Å². The molecule has 0 aliphatic heterocycles. The SMILES string of the molecule is CC.CC(=O)c1cc(Cl)c(NC2CCCC2)cc1[N+](=O)[O-]. The largest absolute Gasteiger partial charge is 0.381 e. The highest BCUT2D eigenvalue weighted by Gasteiger charge is 2.22. The molecule has 2 rings (SSSR count). The maximum absolute atomic E-state index is 11.4. The first-order chi connectivity index (χ1) is 9.99. The standard InChI is InChI=1S/C13H15ClN2O3.C2H6/c1-8(17)10-6-11(14)12(7-13(10)16(18)19)15-9-4-2-3-5-9;1-2/h6-7,9,15H,2-5H2,1H3;1-2H3. The molecule has 0 amide bonds. The highest BCUT2D eigenvalue weighted by atomic mass is 35.5. The number of carbonyl (C=O) groups excluding carboxylic acids is 1. The van der Waals surface area contributed by atoms with Crippen LogP contribution in [0.1, 0.15) is 56.8 Å². The number of halogens is 1. The Kier molecular flexibility index (Phi) is 6.62. The molecule has 21 heavy (non-hydrogen) atoms. The summed E-state index contributed by atoms with van der Waals surface area (Å²) in [6, 6.07) is 3.04. The zero-order chi connectivity index (χ0) is 16.0. The summed E-state index contributed by atoms with van der Waals surface area (Å²) >= 11 is 6.09. The number of carbonyl (C=O) groups is 1. The Morgan fingerprint density at radius 2 is 1.90 bits per heavy atom. The lowest BCUT2D eigenvalue weighted by Crippen LogP contribution is -2.15. The van der Waals surface area contributed by atoms with Crippen LogP contribution >= 0.6 is 11.6 Å². The van der Waals surface area contributed by atoms with Gasteiger partial charge in [-0.25, -0.2) is 0 Å². The predicted molar refractivity (Wildman–Crippen MR) is 85.3 cm³/mol. The fraction of sp³-hybridized carbons (Fsp3) is 0.533. The van der Waals surface area contributed by atoms with Crippen molar-refractivity contribution in [1.82, 2.24) is 0 Å². The van der Waals surface area contributed by atoms with E-state index in [1.54, 1.807) is 0 Å². The third-order valence-electron chi connectivity index (χ3n) is 3.38. The van der Waals surface area contributed by atoms with Gasteiger partial charge in [0.2, 0.25) is 0 Å². The molecule has 0 atom stereocenters. The summed E-state index contributed by atoms with van der Waals surface area (Å²) in [7, 11) is 0. The molecular formula is C15H21ClN2O3. The van der Waals surface area contributed by atoms with E-state index in [2.05, 4.69) is 5.32 Å². The lowest BCUT2D eigenvalue weighted by molar-refractivity contribution is -0.385. The van der Waals surface area contributed by atoms with E-state index in [1.807, 2.05) is 13.8 Å². The third kappa shape index (κ3) is 4.43. The van der Waals surface area contributed by atoms with Crippen LogP contribution in [0, 0.1) is 10.1 Å². The monoisotopic (exact) mass is 312 g/mol. The highest BCUT2D eigenvalue weighted by Crippen LogP contribution is 2.33. The molecule has 6 heteroatoms. The summed E-state index contributed by atoms with van der Waals surface area (Å²) in [5.41, 5.74) is 0.384. The Balaban J connectivity index is 0.00000106. The fourth-order valence-corrected chi connectivity index (χ4v) is 2.61. The molecule has 1 aliphatic rings. The van der Waals surface area contributed by atoms with Crippen molar-refractivity contribution in [1.29, 1.82) is 0 Å². The summed E-state index contributed by atoms with van der Waals surface area (Å²) in [4.78, 5) is 21.9. The van der Waals surface area contributed by atoms with Crippen LogP contribution in [-0.4, -0.2) is 16.7 Å². The Bertz CT molecular complexity index is 526. The summed E-state index contributed by atoms with van der Waals surface area (Å²) in [5.74, 6) is -0.360. The van der Waals surface area contributed by atoms with E-state index < -0.39 is 4.92 Å². The van der Waals surface area contributed by atoms with E-state index in [1.165, 1.54) is 19.1 Å². The Morgan fingerprint density at radius 1 is 1.33 bits per heavy atom. The van der Waals surface area contributed by atoms with Crippen LogP contribution in [0.15, 0.2) is 12.1 Å². The molecule has 1 aromatic carbocycles. The second-order valence-electron chi connectivity index (χ2n) is 4.79. The van der Waals surface area contributed by atoms with Gasteiger partial charge in [0, 0.05) is 12.1 Å². The number of Topliss-reactive ketones (excluding diaryl/α,β-unsaturated/α-hetero) is 1. The van der Waals surface area contributed by atoms with Gasteiger partial charge in [0.1, 0.15) is 0 Å². The summed E-state index contributed by atoms with van der Waals surface area (Å²) in [6.45, 7) is 5.29. The number of benzene rings is 1. The highest BCUT2D eigenvalue weighted by molar-refractivity contribution is 6.33. The van der Waals surface area contributed by atoms with Crippen LogP contribution in [0.3, 0.4) is 0 Å². The van der Waals surface area contributed by atoms with Gasteiger partial charge in [-0.1, -0.05) is 38.3 Å². The van der Waals surface area contributed by atoms with Crippen molar-refractivity contribution < 1.29 is 9.72 Å². The first-order valence-corrected chi connectivity index (χ1v) is 7.62. The van der Waals surface area contributed by atoms with Gasteiger partial charge >= 0.3 is 0 Å². The molecule has 0 saturated heterocycles. The Morgan fingerprint density at radius 3 is 2.38 bits per heavy atom. The number of hydrogen-bond acceptors (Lipinski definition) is 4. The van der Waals surface area contributed by atoms with Gasteiger partial charge in [0.05, 0.1) is 21.2 Å². The van der Waals surface area contributed by atoms with Crippen LogP contribution in [0.5, 0.6) is 0 Å². The quantitative estimate of drug-likeness (QED) is 0.491. The number of nitrogens with one attached hydrogen (secondary N) is 1. The van der Waals surface area contributed by atoms with E-state index in [4.69, 9.17) is 11.6 Å². The number of hydrogen-bond donors (Lipinski definition) is 1. The molecule has 1 fully saturated rings. The molecule has 0 aromatic heterocycles. The molecule has 0 heterocycles. The van der Waals surface area contributed by atoms with Crippen molar-refractivity contribution in [3.63, 3.8) is 0 Å². The molecule has 0 spiro atoms. The minimum Gasteiger partial charge on any atom is -0.381 e. The zero-order valence-corrected chi connectivity index (χ0v) is 13.4. The van der Waals surface area contributed by atoms with E-state index in [0.29, 0.717) is 16.8 Å². The fourth-order valence-electron chi connectivity index (χ4n) is 2.40. The van der Waals surface area contributed by atoms with Crippen molar-refractivity contribution in [3.8, 4) is 0 Å². The van der Waals surface area contributed by atoms with E-state index >= 15 is 0 Å². The average molecular weight is 313 g/mol. The average Bonchev–Trinajstić information content (AvgIpc) is 2.95. The first kappa shape index (κ1) is 17.4. The smallest absolute Gasteiger partial charge is 0.282 e. The zero-order valence-electron chi connectivity index (χ0n) is 12.6. The van der Waals surface area contributed by atoms with Crippen LogP contribution in [-0.2, 0) is 0 Å². The van der Waals surface area contributed by atoms with Crippen LogP contribution < -0.4 is 5.32 Å². The van der Waals surface area contributed by atoms with Gasteiger partial charge in [0.25, 0.3) is 5.69 Å². The number of nitro benzene ring substituents is 1. The molecule has 0 bridgehead atoms.